The lowest BCUT2D eigenvalue weighted by Gasteiger charge is -2.26. The Bertz CT molecular complexity index is 1470. The number of nitrogens with zero attached hydrogens (tertiary/aromatic N) is 5. The summed E-state index contributed by atoms with van der Waals surface area (Å²) in [4.78, 5) is 24.7. The Morgan fingerprint density at radius 3 is 2.73 bits per heavy atom. The van der Waals surface area contributed by atoms with E-state index in [4.69, 9.17) is 9.72 Å². The number of pyridine rings is 2. The molecule has 0 aliphatic carbocycles. The van der Waals surface area contributed by atoms with Crippen LogP contribution in [0.3, 0.4) is 0 Å². The summed E-state index contributed by atoms with van der Waals surface area (Å²) in [6, 6.07) is 18.8. The molecule has 7 nitrogen and oxygen atoms in total. The smallest absolute Gasteiger partial charge is 0.306 e. The Morgan fingerprint density at radius 1 is 1.10 bits per heavy atom. The number of carbonyl (C=O) groups excluding carboxylic acids is 1. The average molecular weight is 540 g/mol. The second-order valence-corrected chi connectivity index (χ2v) is 12.2. The Labute approximate surface area is 237 Å². The highest BCUT2D eigenvalue weighted by Crippen LogP contribution is 2.29. The van der Waals surface area contributed by atoms with Crippen molar-refractivity contribution < 1.29 is 9.53 Å². The van der Waals surface area contributed by atoms with Gasteiger partial charge in [0.15, 0.2) is 5.65 Å². The first-order chi connectivity index (χ1) is 19.1. The molecule has 1 aliphatic heterocycles. The van der Waals surface area contributed by atoms with Crippen LogP contribution in [0.15, 0.2) is 60.8 Å². The zero-order chi connectivity index (χ0) is 28.3. The van der Waals surface area contributed by atoms with Crippen LogP contribution < -0.4 is 0 Å². The average Bonchev–Trinajstić information content (AvgIpc) is 3.50. The van der Waals surface area contributed by atoms with Crippen molar-refractivity contribution in [3.05, 3.63) is 83.4 Å². The van der Waals surface area contributed by atoms with Crippen molar-refractivity contribution in [3.63, 3.8) is 0 Å². The highest BCUT2D eigenvalue weighted by Gasteiger charge is 2.28. The van der Waals surface area contributed by atoms with Crippen molar-refractivity contribution in [2.75, 3.05) is 19.6 Å². The van der Waals surface area contributed by atoms with E-state index in [1.165, 1.54) is 0 Å². The predicted molar refractivity (Wildman–Crippen MR) is 159 cm³/mol. The summed E-state index contributed by atoms with van der Waals surface area (Å²) in [7, 11) is 0. The van der Waals surface area contributed by atoms with E-state index in [9.17, 15) is 4.79 Å². The van der Waals surface area contributed by atoms with Gasteiger partial charge in [-0.25, -0.2) is 14.6 Å². The van der Waals surface area contributed by atoms with Crippen LogP contribution in [0.1, 0.15) is 68.6 Å². The van der Waals surface area contributed by atoms with Gasteiger partial charge in [0.05, 0.1) is 17.8 Å². The van der Waals surface area contributed by atoms with E-state index >= 15 is 0 Å². The van der Waals surface area contributed by atoms with Gasteiger partial charge in [-0.2, -0.15) is 5.10 Å². The van der Waals surface area contributed by atoms with E-state index in [1.54, 1.807) is 6.20 Å². The highest BCUT2D eigenvalue weighted by atomic mass is 16.6. The monoisotopic (exact) mass is 539 g/mol. The Hall–Kier alpha value is -3.58. The molecule has 5 rings (SSSR count). The number of aryl methyl sites for hydroxylation is 3. The molecule has 0 bridgehead atoms. The number of carbonyl (C=O) groups is 1. The standard InChI is InChI=1S/C33H41N5O2/c1-23-18-24(2)38(36-23)30-10-6-8-27(19-30)28(20-31(39)40-33(3,4)5)22-37-17-15-25(21-37)11-13-29-14-12-26-9-7-16-34-32(26)35-29/h6-10,12,14,16,18-19,25,28H,11,13,15,17,20-22H2,1-5H3/t25-,28-/m1/s1. The maximum absolute atomic E-state index is 13.0. The first-order valence-electron chi connectivity index (χ1n) is 14.4. The Balaban J connectivity index is 1.27. The number of benzene rings is 1. The summed E-state index contributed by atoms with van der Waals surface area (Å²) in [6.45, 7) is 12.8. The van der Waals surface area contributed by atoms with Crippen molar-refractivity contribution in [1.29, 1.82) is 0 Å². The van der Waals surface area contributed by atoms with Gasteiger partial charge in [0.25, 0.3) is 0 Å². The summed E-state index contributed by atoms with van der Waals surface area (Å²) in [6.07, 6.45) is 5.38. The van der Waals surface area contributed by atoms with Crippen molar-refractivity contribution in [2.45, 2.75) is 71.8 Å². The lowest BCUT2D eigenvalue weighted by molar-refractivity contribution is -0.155. The fourth-order valence-electron chi connectivity index (χ4n) is 5.78. The number of hydrogen-bond donors (Lipinski definition) is 0. The number of hydrogen-bond acceptors (Lipinski definition) is 6. The van der Waals surface area contributed by atoms with Crippen LogP contribution in [0.25, 0.3) is 16.7 Å². The quantitative estimate of drug-likeness (QED) is 0.236. The molecule has 4 heterocycles. The van der Waals surface area contributed by atoms with Gasteiger partial charge < -0.3 is 9.64 Å². The molecule has 3 aromatic heterocycles. The van der Waals surface area contributed by atoms with Crippen LogP contribution >= 0.6 is 0 Å². The van der Waals surface area contributed by atoms with Gasteiger partial charge >= 0.3 is 5.97 Å². The summed E-state index contributed by atoms with van der Waals surface area (Å²) >= 11 is 0. The molecule has 0 amide bonds. The largest absolute Gasteiger partial charge is 0.460 e. The van der Waals surface area contributed by atoms with Crippen molar-refractivity contribution in [2.24, 2.45) is 5.92 Å². The molecule has 1 saturated heterocycles. The topological polar surface area (TPSA) is 73.1 Å². The molecule has 1 fully saturated rings. The molecular formula is C33H41N5O2. The van der Waals surface area contributed by atoms with Gasteiger partial charge in [0.2, 0.25) is 0 Å². The van der Waals surface area contributed by atoms with E-state index in [2.05, 4.69) is 70.4 Å². The Morgan fingerprint density at radius 2 is 1.95 bits per heavy atom. The summed E-state index contributed by atoms with van der Waals surface area (Å²) < 4.78 is 7.72. The number of rotatable bonds is 9. The lowest BCUT2D eigenvalue weighted by Crippen LogP contribution is -2.30. The summed E-state index contributed by atoms with van der Waals surface area (Å²) in [5.41, 5.74) is 5.68. The summed E-state index contributed by atoms with van der Waals surface area (Å²) in [5, 5.41) is 5.75. The molecule has 0 spiro atoms. The van der Waals surface area contributed by atoms with Gasteiger partial charge in [0.1, 0.15) is 5.60 Å². The summed E-state index contributed by atoms with van der Waals surface area (Å²) in [5.74, 6) is 0.504. The third-order valence-corrected chi connectivity index (χ3v) is 7.61. The zero-order valence-electron chi connectivity index (χ0n) is 24.4. The van der Waals surface area contributed by atoms with Gasteiger partial charge in [-0.15, -0.1) is 0 Å². The fraction of sp³-hybridized carbons (Fsp3) is 0.455. The molecule has 1 aliphatic rings. The molecule has 0 unspecified atom stereocenters. The van der Waals surface area contributed by atoms with Crippen LogP contribution in [-0.4, -0.2) is 55.9 Å². The number of aromatic nitrogens is 4. The van der Waals surface area contributed by atoms with Gasteiger partial charge in [-0.1, -0.05) is 12.1 Å². The third kappa shape index (κ3) is 7.13. The second kappa shape index (κ2) is 11.9. The third-order valence-electron chi connectivity index (χ3n) is 7.61. The number of fused-ring (bicyclic) bond motifs is 1. The van der Waals surface area contributed by atoms with Crippen molar-refractivity contribution in [1.82, 2.24) is 24.6 Å². The number of likely N-dealkylation sites (tertiary alicyclic amines) is 1. The van der Waals surface area contributed by atoms with Gasteiger partial charge in [-0.05, 0) is 114 Å². The molecule has 0 radical (unpaired) electrons. The minimum atomic E-state index is -0.502. The first-order valence-corrected chi connectivity index (χ1v) is 14.4. The first kappa shape index (κ1) is 28.0. The van der Waals surface area contributed by atoms with Gasteiger partial charge in [-0.3, -0.25) is 4.79 Å². The molecule has 2 atom stereocenters. The molecular weight excluding hydrogens is 498 g/mol. The van der Waals surface area contributed by atoms with Crippen molar-refractivity contribution >= 4 is 17.0 Å². The van der Waals surface area contributed by atoms with E-state index in [1.807, 2.05) is 38.4 Å². The molecule has 0 N–H and O–H groups in total. The minimum Gasteiger partial charge on any atom is -0.460 e. The normalized spacial score (nSPS) is 16.9. The van der Waals surface area contributed by atoms with Crippen LogP contribution in [0.4, 0.5) is 0 Å². The predicted octanol–water partition coefficient (Wildman–Crippen LogP) is 6.20. The molecule has 7 heteroatoms. The SMILES string of the molecule is Cc1cc(C)n(-c2cccc([C@H](CC(=O)OC(C)(C)C)CN3CC[C@@H](CCc4ccc5cccnc5n4)C3)c2)n1. The fourth-order valence-corrected chi connectivity index (χ4v) is 5.78. The maximum atomic E-state index is 13.0. The molecule has 1 aromatic carbocycles. The highest BCUT2D eigenvalue weighted by molar-refractivity contribution is 5.74. The van der Waals surface area contributed by atoms with Crippen LogP contribution in [0.5, 0.6) is 0 Å². The van der Waals surface area contributed by atoms with Crippen LogP contribution in [0, 0.1) is 19.8 Å². The van der Waals surface area contributed by atoms with Crippen molar-refractivity contribution in [3.8, 4) is 5.69 Å². The van der Waals surface area contributed by atoms with E-state index in [0.717, 1.165) is 78.3 Å². The van der Waals surface area contributed by atoms with Crippen LogP contribution in [0.2, 0.25) is 0 Å². The van der Waals surface area contributed by atoms with Gasteiger partial charge in [0, 0.05) is 42.0 Å². The second-order valence-electron chi connectivity index (χ2n) is 12.2. The Kier molecular flexibility index (Phi) is 8.31. The molecule has 0 saturated carbocycles. The van der Waals surface area contributed by atoms with E-state index in [0.29, 0.717) is 12.3 Å². The minimum absolute atomic E-state index is 0.0405. The lowest BCUT2D eigenvalue weighted by atomic mass is 9.94. The van der Waals surface area contributed by atoms with E-state index < -0.39 is 5.60 Å². The molecule has 4 aromatic rings. The molecule has 210 valence electrons. The van der Waals surface area contributed by atoms with Crippen LogP contribution in [-0.2, 0) is 16.0 Å². The number of ether oxygens (including phenoxy) is 1. The number of esters is 1. The zero-order valence-corrected chi connectivity index (χ0v) is 24.4. The molecule has 40 heavy (non-hydrogen) atoms. The van der Waals surface area contributed by atoms with E-state index in [-0.39, 0.29) is 11.9 Å². The maximum Gasteiger partial charge on any atom is 0.306 e.